The van der Waals surface area contributed by atoms with E-state index in [9.17, 15) is 10.4 Å². The highest BCUT2D eigenvalue weighted by atomic mass is 32.1. The van der Waals surface area contributed by atoms with Gasteiger partial charge in [0.05, 0.1) is 18.3 Å². The van der Waals surface area contributed by atoms with Gasteiger partial charge in [0.15, 0.2) is 0 Å². The smallest absolute Gasteiger partial charge is 0.119 e. The molecule has 1 aromatic heterocycles. The van der Waals surface area contributed by atoms with E-state index in [4.69, 9.17) is 4.74 Å². The number of hydrogen-bond acceptors (Lipinski definition) is 4. The van der Waals surface area contributed by atoms with Gasteiger partial charge in [0.1, 0.15) is 11.0 Å². The van der Waals surface area contributed by atoms with Crippen molar-refractivity contribution in [3.8, 4) is 6.07 Å². The lowest BCUT2D eigenvalue weighted by Gasteiger charge is -2.40. The van der Waals surface area contributed by atoms with Crippen LogP contribution in [0.4, 0.5) is 0 Å². The van der Waals surface area contributed by atoms with Crippen LogP contribution in [0, 0.1) is 16.7 Å². The summed E-state index contributed by atoms with van der Waals surface area (Å²) in [6.07, 6.45) is 2.51. The van der Waals surface area contributed by atoms with Gasteiger partial charge in [-0.15, -0.1) is 11.3 Å². The lowest BCUT2D eigenvalue weighted by molar-refractivity contribution is -0.0747. The van der Waals surface area contributed by atoms with Gasteiger partial charge in [-0.3, -0.25) is 0 Å². The standard InChI is InChI=1S/C17H17NO2S/c1-16(19,15-8-11-4-2-3-5-13(11)21-15)17(10-18)9-12-6-7-14(17)20-12/h2-5,8,12,14,19H,6-7,9H2,1H3. The summed E-state index contributed by atoms with van der Waals surface area (Å²) < 4.78 is 7.03. The Balaban J connectivity index is 1.83. The van der Waals surface area contributed by atoms with Crippen molar-refractivity contribution in [2.45, 2.75) is 44.0 Å². The van der Waals surface area contributed by atoms with Crippen molar-refractivity contribution in [3.63, 3.8) is 0 Å². The average Bonchev–Trinajstić information content (AvgIpc) is 3.20. The van der Waals surface area contributed by atoms with Crippen molar-refractivity contribution in [1.82, 2.24) is 0 Å². The van der Waals surface area contributed by atoms with Crippen LogP contribution in [-0.2, 0) is 10.3 Å². The Morgan fingerprint density at radius 2 is 2.24 bits per heavy atom. The molecule has 108 valence electrons. The first kappa shape index (κ1) is 13.3. The zero-order chi connectivity index (χ0) is 14.7. The van der Waals surface area contributed by atoms with E-state index >= 15 is 0 Å². The fourth-order valence-electron chi connectivity index (χ4n) is 3.89. The summed E-state index contributed by atoms with van der Waals surface area (Å²) >= 11 is 1.58. The molecule has 3 nitrogen and oxygen atoms in total. The number of benzene rings is 1. The van der Waals surface area contributed by atoms with Crippen molar-refractivity contribution in [1.29, 1.82) is 5.26 Å². The van der Waals surface area contributed by atoms with E-state index in [2.05, 4.69) is 12.1 Å². The van der Waals surface area contributed by atoms with Crippen LogP contribution in [0.25, 0.3) is 10.1 Å². The lowest BCUT2D eigenvalue weighted by atomic mass is 9.64. The minimum atomic E-state index is -1.18. The summed E-state index contributed by atoms with van der Waals surface area (Å²) in [4.78, 5) is 0.862. The molecular formula is C17H17NO2S. The van der Waals surface area contributed by atoms with Crippen molar-refractivity contribution in [2.75, 3.05) is 0 Å². The molecule has 0 saturated carbocycles. The highest BCUT2D eigenvalue weighted by Crippen LogP contribution is 2.57. The van der Waals surface area contributed by atoms with Gasteiger partial charge in [0, 0.05) is 9.58 Å². The van der Waals surface area contributed by atoms with Gasteiger partial charge in [-0.2, -0.15) is 5.26 Å². The molecular weight excluding hydrogens is 282 g/mol. The zero-order valence-corrected chi connectivity index (χ0v) is 12.7. The molecule has 0 aliphatic carbocycles. The number of thiophene rings is 1. The number of fused-ring (bicyclic) bond motifs is 3. The van der Waals surface area contributed by atoms with E-state index in [1.807, 2.05) is 24.3 Å². The van der Waals surface area contributed by atoms with Crippen LogP contribution in [0.15, 0.2) is 30.3 Å². The van der Waals surface area contributed by atoms with E-state index in [-0.39, 0.29) is 12.2 Å². The van der Waals surface area contributed by atoms with Gasteiger partial charge in [-0.05, 0) is 43.7 Å². The molecule has 2 aliphatic rings. The van der Waals surface area contributed by atoms with Gasteiger partial charge in [-0.1, -0.05) is 18.2 Å². The number of ether oxygens (including phenoxy) is 1. The maximum Gasteiger partial charge on any atom is 0.119 e. The summed E-state index contributed by atoms with van der Waals surface area (Å²) in [7, 11) is 0. The molecule has 4 unspecified atom stereocenters. The second-order valence-corrected chi connectivity index (χ2v) is 7.42. The van der Waals surface area contributed by atoms with Gasteiger partial charge >= 0.3 is 0 Å². The molecule has 0 amide bonds. The average molecular weight is 299 g/mol. The second kappa shape index (κ2) is 4.30. The van der Waals surface area contributed by atoms with E-state index in [1.54, 1.807) is 18.3 Å². The SMILES string of the molecule is CC(O)(c1cc2ccccc2s1)C1(C#N)CC2CCC1O2. The third-order valence-corrected chi connectivity index (χ3v) is 6.51. The molecule has 4 rings (SSSR count). The zero-order valence-electron chi connectivity index (χ0n) is 11.9. The first-order chi connectivity index (χ1) is 10.1. The highest BCUT2D eigenvalue weighted by molar-refractivity contribution is 7.19. The van der Waals surface area contributed by atoms with E-state index in [0.29, 0.717) is 6.42 Å². The third kappa shape index (κ3) is 1.66. The third-order valence-electron chi connectivity index (χ3n) is 5.18. The van der Waals surface area contributed by atoms with Crippen molar-refractivity contribution in [3.05, 3.63) is 35.2 Å². The lowest BCUT2D eigenvalue weighted by Crippen LogP contribution is -2.48. The fraction of sp³-hybridized carbons (Fsp3) is 0.471. The topological polar surface area (TPSA) is 53.2 Å². The first-order valence-electron chi connectivity index (χ1n) is 7.35. The van der Waals surface area contributed by atoms with Crippen LogP contribution >= 0.6 is 11.3 Å². The summed E-state index contributed by atoms with van der Waals surface area (Å²) in [6.45, 7) is 1.78. The molecule has 0 spiro atoms. The molecule has 2 fully saturated rings. The Bertz CT molecular complexity index is 712. The molecule has 2 saturated heterocycles. The van der Waals surface area contributed by atoms with Crippen LogP contribution < -0.4 is 0 Å². The number of rotatable bonds is 2. The largest absolute Gasteiger partial charge is 0.383 e. The normalized spacial score (nSPS) is 34.0. The maximum atomic E-state index is 11.3. The predicted octanol–water partition coefficient (Wildman–Crippen LogP) is 3.57. The summed E-state index contributed by atoms with van der Waals surface area (Å²) in [5.41, 5.74) is -2.00. The van der Waals surface area contributed by atoms with Gasteiger partial charge < -0.3 is 9.84 Å². The quantitative estimate of drug-likeness (QED) is 0.922. The van der Waals surface area contributed by atoms with Crippen molar-refractivity contribution >= 4 is 21.4 Å². The molecule has 4 heteroatoms. The van der Waals surface area contributed by atoms with E-state index in [1.165, 1.54) is 0 Å². The summed E-state index contributed by atoms with van der Waals surface area (Å²) in [5.74, 6) is 0. The Labute approximate surface area is 127 Å². The minimum absolute atomic E-state index is 0.135. The van der Waals surface area contributed by atoms with E-state index in [0.717, 1.165) is 27.8 Å². The second-order valence-electron chi connectivity index (χ2n) is 6.33. The first-order valence-corrected chi connectivity index (χ1v) is 8.17. The molecule has 3 heterocycles. The van der Waals surface area contributed by atoms with Crippen LogP contribution in [0.3, 0.4) is 0 Å². The predicted molar refractivity (Wildman–Crippen MR) is 82.0 cm³/mol. The molecule has 2 aliphatic heterocycles. The molecule has 1 N–H and O–H groups in total. The number of aliphatic hydroxyl groups is 1. The minimum Gasteiger partial charge on any atom is -0.383 e. The molecule has 0 radical (unpaired) electrons. The van der Waals surface area contributed by atoms with Crippen LogP contribution in [-0.4, -0.2) is 17.3 Å². The Morgan fingerprint density at radius 3 is 2.86 bits per heavy atom. The monoisotopic (exact) mass is 299 g/mol. The maximum absolute atomic E-state index is 11.3. The Hall–Kier alpha value is -1.41. The van der Waals surface area contributed by atoms with Crippen molar-refractivity contribution in [2.24, 2.45) is 5.41 Å². The van der Waals surface area contributed by atoms with Crippen LogP contribution in [0.1, 0.15) is 31.1 Å². The van der Waals surface area contributed by atoms with Gasteiger partial charge in [0.25, 0.3) is 0 Å². The van der Waals surface area contributed by atoms with Crippen LogP contribution in [0.5, 0.6) is 0 Å². The van der Waals surface area contributed by atoms with Crippen LogP contribution in [0.2, 0.25) is 0 Å². The molecule has 2 aromatic rings. The molecule has 1 aromatic carbocycles. The number of nitriles is 1. The molecule has 2 bridgehead atoms. The molecule has 4 atom stereocenters. The fourth-order valence-corrected chi connectivity index (χ4v) is 5.08. The summed E-state index contributed by atoms with van der Waals surface area (Å²) in [5, 5.41) is 22.2. The summed E-state index contributed by atoms with van der Waals surface area (Å²) in [6, 6.07) is 12.5. The Morgan fingerprint density at radius 1 is 1.43 bits per heavy atom. The van der Waals surface area contributed by atoms with Gasteiger partial charge in [0.2, 0.25) is 0 Å². The van der Waals surface area contributed by atoms with Crippen molar-refractivity contribution < 1.29 is 9.84 Å². The number of nitrogens with zero attached hydrogens (tertiary/aromatic N) is 1. The van der Waals surface area contributed by atoms with Gasteiger partial charge in [-0.25, -0.2) is 0 Å². The molecule has 21 heavy (non-hydrogen) atoms. The van der Waals surface area contributed by atoms with E-state index < -0.39 is 11.0 Å². The Kier molecular flexibility index (Phi) is 2.71. The number of hydrogen-bond donors (Lipinski definition) is 1. The highest BCUT2D eigenvalue weighted by Gasteiger charge is 2.62.